The molecule has 0 aliphatic rings. The van der Waals surface area contributed by atoms with Crippen molar-refractivity contribution in [1.29, 1.82) is 0 Å². The molecule has 0 spiro atoms. The van der Waals surface area contributed by atoms with E-state index in [-0.39, 0.29) is 36.2 Å². The van der Waals surface area contributed by atoms with Gasteiger partial charge in [-0.05, 0) is 37.5 Å². The number of unbranched alkanes of at least 4 members (excludes halogenated alkanes) is 1. The number of nitrogens with one attached hydrogen (secondary N) is 1. The second-order valence-corrected chi connectivity index (χ2v) is 4.53. The summed E-state index contributed by atoms with van der Waals surface area (Å²) in [5, 5.41) is 2.38. The summed E-state index contributed by atoms with van der Waals surface area (Å²) in [6.45, 7) is 1.54. The fourth-order valence-corrected chi connectivity index (χ4v) is 1.71. The molecule has 1 amide bonds. The molecule has 0 heterocycles. The van der Waals surface area contributed by atoms with Gasteiger partial charge in [0.05, 0.1) is 5.56 Å². The molecule has 3 N–H and O–H groups in total. The highest BCUT2D eigenvalue weighted by atomic mass is 19.4. The van der Waals surface area contributed by atoms with Crippen LogP contribution >= 0.6 is 0 Å². The summed E-state index contributed by atoms with van der Waals surface area (Å²) in [5.74, 6) is -1.35. The van der Waals surface area contributed by atoms with E-state index in [0.717, 1.165) is 0 Å². The molecule has 0 unspecified atom stereocenters. The van der Waals surface area contributed by atoms with Crippen LogP contribution in [0.4, 0.5) is 23.2 Å². The lowest BCUT2D eigenvalue weighted by Crippen LogP contribution is -2.26. The number of hydrogen-bond acceptors (Lipinski definition) is 2. The summed E-state index contributed by atoms with van der Waals surface area (Å²) >= 11 is 0. The summed E-state index contributed by atoms with van der Waals surface area (Å²) in [4.78, 5) is 11.7. The molecule has 1 aromatic carbocycles. The number of carbonyl (C=O) groups is 1. The van der Waals surface area contributed by atoms with Gasteiger partial charge < -0.3 is 11.1 Å². The van der Waals surface area contributed by atoms with E-state index in [1.807, 2.05) is 0 Å². The van der Waals surface area contributed by atoms with Gasteiger partial charge in [-0.15, -0.1) is 0 Å². The van der Waals surface area contributed by atoms with E-state index in [1.54, 1.807) is 0 Å². The van der Waals surface area contributed by atoms with Crippen molar-refractivity contribution in [3.8, 4) is 0 Å². The number of anilines is 1. The molecule has 0 fully saturated rings. The Kier molecular flexibility index (Phi) is 5.35. The molecule has 0 aliphatic carbocycles. The van der Waals surface area contributed by atoms with Crippen molar-refractivity contribution in [2.24, 2.45) is 0 Å². The summed E-state index contributed by atoms with van der Waals surface area (Å²) in [5.41, 5.74) is 5.82. The molecular weight excluding hydrogens is 276 g/mol. The van der Waals surface area contributed by atoms with Gasteiger partial charge in [0.2, 0.25) is 0 Å². The second kappa shape index (κ2) is 6.58. The van der Waals surface area contributed by atoms with Crippen LogP contribution in [0.15, 0.2) is 12.1 Å². The number of halogens is 4. The molecular formula is C13H16F4N2O. The van der Waals surface area contributed by atoms with Crippen LogP contribution in [0.25, 0.3) is 0 Å². The summed E-state index contributed by atoms with van der Waals surface area (Å²) in [6.07, 6.45) is -4.99. The largest absolute Gasteiger partial charge is 0.399 e. The molecule has 112 valence electrons. The molecule has 0 aliphatic heterocycles. The van der Waals surface area contributed by atoms with Crippen molar-refractivity contribution >= 4 is 11.6 Å². The molecule has 0 radical (unpaired) electrons. The van der Waals surface area contributed by atoms with Crippen molar-refractivity contribution in [1.82, 2.24) is 5.32 Å². The zero-order chi connectivity index (χ0) is 15.3. The average Bonchev–Trinajstić information content (AvgIpc) is 2.31. The number of hydrogen-bond donors (Lipinski definition) is 2. The monoisotopic (exact) mass is 292 g/mol. The molecule has 0 saturated heterocycles. The first-order valence-electron chi connectivity index (χ1n) is 6.11. The van der Waals surface area contributed by atoms with Gasteiger partial charge in [0.1, 0.15) is 5.82 Å². The lowest BCUT2D eigenvalue weighted by molar-refractivity contribution is -0.135. The van der Waals surface area contributed by atoms with Gasteiger partial charge in [0, 0.05) is 18.7 Å². The molecule has 0 atom stereocenters. The van der Waals surface area contributed by atoms with Gasteiger partial charge in [-0.2, -0.15) is 13.2 Å². The maximum Gasteiger partial charge on any atom is 0.389 e. The summed E-state index contributed by atoms with van der Waals surface area (Å²) in [7, 11) is 0. The fraction of sp³-hybridized carbons (Fsp3) is 0.462. The zero-order valence-electron chi connectivity index (χ0n) is 11.0. The predicted molar refractivity (Wildman–Crippen MR) is 67.8 cm³/mol. The summed E-state index contributed by atoms with van der Waals surface area (Å²) < 4.78 is 49.4. The third kappa shape index (κ3) is 5.07. The Labute approximate surface area is 114 Å². The molecule has 7 heteroatoms. The standard InChI is InChI=1S/C13H16F4N2O/c1-8-6-9(18)7-10(11(8)14)12(20)19-5-3-2-4-13(15,16)17/h6-7H,2-5,18H2,1H3,(H,19,20). The number of benzene rings is 1. The Morgan fingerprint density at radius 2 is 1.95 bits per heavy atom. The Morgan fingerprint density at radius 1 is 1.30 bits per heavy atom. The smallest absolute Gasteiger partial charge is 0.389 e. The Balaban J connectivity index is 2.48. The molecule has 20 heavy (non-hydrogen) atoms. The van der Waals surface area contributed by atoms with Crippen molar-refractivity contribution in [3.05, 3.63) is 29.1 Å². The van der Waals surface area contributed by atoms with E-state index in [9.17, 15) is 22.4 Å². The van der Waals surface area contributed by atoms with Gasteiger partial charge in [-0.25, -0.2) is 4.39 Å². The van der Waals surface area contributed by atoms with Crippen LogP contribution in [0, 0.1) is 12.7 Å². The van der Waals surface area contributed by atoms with E-state index in [0.29, 0.717) is 0 Å². The van der Waals surface area contributed by atoms with E-state index >= 15 is 0 Å². The Morgan fingerprint density at radius 3 is 2.55 bits per heavy atom. The van der Waals surface area contributed by atoms with Gasteiger partial charge in [0.25, 0.3) is 5.91 Å². The molecule has 0 saturated carbocycles. The van der Waals surface area contributed by atoms with E-state index < -0.39 is 24.3 Å². The third-order valence-electron chi connectivity index (χ3n) is 2.69. The van der Waals surface area contributed by atoms with Gasteiger partial charge >= 0.3 is 6.18 Å². The van der Waals surface area contributed by atoms with Crippen LogP contribution in [0.1, 0.15) is 35.2 Å². The quantitative estimate of drug-likeness (QED) is 0.497. The van der Waals surface area contributed by atoms with Crippen LogP contribution in [0.5, 0.6) is 0 Å². The van der Waals surface area contributed by atoms with Crippen LogP contribution in [-0.4, -0.2) is 18.6 Å². The first-order valence-corrected chi connectivity index (χ1v) is 6.11. The van der Waals surface area contributed by atoms with E-state index in [4.69, 9.17) is 5.73 Å². The number of nitrogen functional groups attached to an aromatic ring is 1. The first kappa shape index (κ1) is 16.3. The van der Waals surface area contributed by atoms with Crippen LogP contribution in [0.2, 0.25) is 0 Å². The SMILES string of the molecule is Cc1cc(N)cc(C(=O)NCCCCC(F)(F)F)c1F. The normalized spacial score (nSPS) is 11.4. The second-order valence-electron chi connectivity index (χ2n) is 4.53. The molecule has 1 aromatic rings. The average molecular weight is 292 g/mol. The van der Waals surface area contributed by atoms with Crippen molar-refractivity contribution < 1.29 is 22.4 Å². The van der Waals surface area contributed by atoms with Crippen molar-refractivity contribution in [2.45, 2.75) is 32.4 Å². The Hall–Kier alpha value is -1.79. The number of carbonyl (C=O) groups excluding carboxylic acids is 1. The van der Waals surface area contributed by atoms with E-state index in [2.05, 4.69) is 5.32 Å². The number of amides is 1. The fourth-order valence-electron chi connectivity index (χ4n) is 1.71. The van der Waals surface area contributed by atoms with Gasteiger partial charge in [-0.1, -0.05) is 0 Å². The first-order chi connectivity index (χ1) is 9.20. The van der Waals surface area contributed by atoms with Gasteiger partial charge in [0.15, 0.2) is 0 Å². The van der Waals surface area contributed by atoms with Gasteiger partial charge in [-0.3, -0.25) is 4.79 Å². The minimum absolute atomic E-state index is 0.0577. The lowest BCUT2D eigenvalue weighted by atomic mass is 10.1. The number of rotatable bonds is 5. The van der Waals surface area contributed by atoms with E-state index in [1.165, 1.54) is 19.1 Å². The lowest BCUT2D eigenvalue weighted by Gasteiger charge is -2.09. The number of nitrogens with two attached hydrogens (primary N) is 1. The predicted octanol–water partition coefficient (Wildman–Crippen LogP) is 3.18. The highest BCUT2D eigenvalue weighted by molar-refractivity contribution is 5.95. The van der Waals surface area contributed by atoms with Crippen molar-refractivity contribution in [2.75, 3.05) is 12.3 Å². The molecule has 0 bridgehead atoms. The maximum absolute atomic E-state index is 13.7. The minimum atomic E-state index is -4.19. The molecule has 0 aromatic heterocycles. The highest BCUT2D eigenvalue weighted by Crippen LogP contribution is 2.22. The van der Waals surface area contributed by atoms with Crippen LogP contribution in [0.3, 0.4) is 0 Å². The van der Waals surface area contributed by atoms with Crippen molar-refractivity contribution in [3.63, 3.8) is 0 Å². The molecule has 1 rings (SSSR count). The number of alkyl halides is 3. The minimum Gasteiger partial charge on any atom is -0.399 e. The van der Waals surface area contributed by atoms with Crippen LogP contribution < -0.4 is 11.1 Å². The third-order valence-corrected chi connectivity index (χ3v) is 2.69. The zero-order valence-corrected chi connectivity index (χ0v) is 11.0. The summed E-state index contributed by atoms with van der Waals surface area (Å²) in [6, 6.07) is 2.60. The maximum atomic E-state index is 13.7. The molecule has 3 nitrogen and oxygen atoms in total. The Bertz CT molecular complexity index is 486. The number of aryl methyl sites for hydroxylation is 1. The van der Waals surface area contributed by atoms with Crippen LogP contribution in [-0.2, 0) is 0 Å². The topological polar surface area (TPSA) is 55.1 Å². The highest BCUT2D eigenvalue weighted by Gasteiger charge is 2.25.